The molecule has 1 saturated heterocycles. The van der Waals surface area contributed by atoms with Crippen LogP contribution in [0, 0.1) is 5.92 Å². The van der Waals surface area contributed by atoms with E-state index >= 15 is 0 Å². The third-order valence-electron chi connectivity index (χ3n) is 5.50. The molecule has 2 aromatic rings. The third-order valence-corrected chi connectivity index (χ3v) is 5.50. The van der Waals surface area contributed by atoms with Crippen LogP contribution in [0.15, 0.2) is 54.7 Å². The summed E-state index contributed by atoms with van der Waals surface area (Å²) in [6, 6.07) is 14.4. The van der Waals surface area contributed by atoms with E-state index < -0.39 is 12.1 Å². The average molecular weight is 395 g/mol. The minimum absolute atomic E-state index is 0.0352. The van der Waals surface area contributed by atoms with Gasteiger partial charge in [-0.3, -0.25) is 14.6 Å². The van der Waals surface area contributed by atoms with Crippen molar-refractivity contribution >= 4 is 11.8 Å². The number of hydrogen-bond donors (Lipinski definition) is 2. The van der Waals surface area contributed by atoms with Crippen LogP contribution in [-0.2, 0) is 16.0 Å². The number of aromatic nitrogens is 1. The quantitative estimate of drug-likeness (QED) is 0.755. The largest absolute Gasteiger partial charge is 0.347 e. The Morgan fingerprint density at radius 1 is 1.17 bits per heavy atom. The highest BCUT2D eigenvalue weighted by molar-refractivity contribution is 5.90. The Morgan fingerprint density at radius 3 is 2.55 bits per heavy atom. The van der Waals surface area contributed by atoms with Gasteiger partial charge in [0.15, 0.2) is 0 Å². The summed E-state index contributed by atoms with van der Waals surface area (Å²) >= 11 is 0. The number of pyridine rings is 1. The van der Waals surface area contributed by atoms with Crippen LogP contribution < -0.4 is 11.1 Å². The van der Waals surface area contributed by atoms with Gasteiger partial charge < -0.3 is 16.0 Å². The molecule has 3 N–H and O–H groups in total. The van der Waals surface area contributed by atoms with Gasteiger partial charge >= 0.3 is 0 Å². The molecule has 1 fully saturated rings. The topological polar surface area (TPSA) is 88.3 Å². The van der Waals surface area contributed by atoms with Gasteiger partial charge in [-0.1, -0.05) is 50.2 Å². The van der Waals surface area contributed by atoms with E-state index in [1.54, 1.807) is 11.1 Å². The zero-order valence-corrected chi connectivity index (χ0v) is 17.1. The highest BCUT2D eigenvalue weighted by Crippen LogP contribution is 2.23. The van der Waals surface area contributed by atoms with Crippen molar-refractivity contribution in [3.8, 4) is 0 Å². The van der Waals surface area contributed by atoms with E-state index in [4.69, 9.17) is 5.73 Å². The number of nitrogens with two attached hydrogens (primary N) is 1. The van der Waals surface area contributed by atoms with Crippen molar-refractivity contribution in [2.45, 2.75) is 51.2 Å². The standard InChI is InChI=1S/C23H30N4O2/c1-16(2)21(24)23(29)27-14-8-12-20(27)22(28)26-19(17-9-4-3-5-10-17)15-18-11-6-7-13-25-18/h3-7,9-11,13,16,19-21H,8,12,14-15,24H2,1-2H3,(H,26,28)/t19?,20-,21?/m0/s1. The van der Waals surface area contributed by atoms with Crippen molar-refractivity contribution in [1.29, 1.82) is 0 Å². The molecule has 0 aliphatic carbocycles. The summed E-state index contributed by atoms with van der Waals surface area (Å²) in [5.41, 5.74) is 7.99. The minimum atomic E-state index is -0.582. The fourth-order valence-corrected chi connectivity index (χ4v) is 3.71. The van der Waals surface area contributed by atoms with Gasteiger partial charge in [-0.05, 0) is 36.5 Å². The number of nitrogens with zero attached hydrogens (tertiary/aromatic N) is 2. The first-order chi connectivity index (χ1) is 14.0. The van der Waals surface area contributed by atoms with Gasteiger partial charge in [-0.15, -0.1) is 0 Å². The average Bonchev–Trinajstić information content (AvgIpc) is 3.23. The molecule has 0 bridgehead atoms. The summed E-state index contributed by atoms with van der Waals surface area (Å²) < 4.78 is 0. The maximum atomic E-state index is 13.2. The van der Waals surface area contributed by atoms with E-state index in [2.05, 4.69) is 10.3 Å². The molecule has 3 rings (SSSR count). The van der Waals surface area contributed by atoms with Crippen molar-refractivity contribution < 1.29 is 9.59 Å². The van der Waals surface area contributed by atoms with E-state index in [1.165, 1.54) is 0 Å². The fraction of sp³-hybridized carbons (Fsp3) is 0.435. The first-order valence-corrected chi connectivity index (χ1v) is 10.3. The molecule has 1 aromatic heterocycles. The van der Waals surface area contributed by atoms with Gasteiger partial charge in [0.2, 0.25) is 11.8 Å². The van der Waals surface area contributed by atoms with Crippen molar-refractivity contribution in [2.75, 3.05) is 6.54 Å². The molecular formula is C23H30N4O2. The number of benzene rings is 1. The molecule has 1 aromatic carbocycles. The Hall–Kier alpha value is -2.73. The number of likely N-dealkylation sites (tertiary alicyclic amines) is 1. The lowest BCUT2D eigenvalue weighted by atomic mass is 10.0. The van der Waals surface area contributed by atoms with Gasteiger partial charge in [-0.25, -0.2) is 0 Å². The van der Waals surface area contributed by atoms with Gasteiger partial charge in [0.1, 0.15) is 6.04 Å². The van der Waals surface area contributed by atoms with Crippen LogP contribution in [0.5, 0.6) is 0 Å². The van der Waals surface area contributed by atoms with Gasteiger partial charge in [0, 0.05) is 24.9 Å². The monoisotopic (exact) mass is 394 g/mol. The number of hydrogen-bond acceptors (Lipinski definition) is 4. The van der Waals surface area contributed by atoms with E-state index in [0.29, 0.717) is 19.4 Å². The van der Waals surface area contributed by atoms with Crippen molar-refractivity contribution in [3.63, 3.8) is 0 Å². The molecule has 2 unspecified atom stereocenters. The van der Waals surface area contributed by atoms with Gasteiger partial charge in [0.05, 0.1) is 12.1 Å². The second-order valence-electron chi connectivity index (χ2n) is 7.96. The molecule has 6 heteroatoms. The maximum Gasteiger partial charge on any atom is 0.243 e. The van der Waals surface area contributed by atoms with Crippen molar-refractivity contribution in [1.82, 2.24) is 15.2 Å². The molecule has 29 heavy (non-hydrogen) atoms. The number of carbonyl (C=O) groups excluding carboxylic acids is 2. The van der Waals surface area contributed by atoms with Crippen LogP contribution in [0.4, 0.5) is 0 Å². The van der Waals surface area contributed by atoms with E-state index in [-0.39, 0.29) is 23.8 Å². The van der Waals surface area contributed by atoms with Crippen LogP contribution in [0.2, 0.25) is 0 Å². The molecule has 0 spiro atoms. The molecule has 1 aliphatic heterocycles. The lowest BCUT2D eigenvalue weighted by molar-refractivity contribution is -0.140. The van der Waals surface area contributed by atoms with E-state index in [0.717, 1.165) is 17.7 Å². The number of nitrogens with one attached hydrogen (secondary N) is 1. The maximum absolute atomic E-state index is 13.2. The predicted octanol–water partition coefficient (Wildman–Crippen LogP) is 2.46. The van der Waals surface area contributed by atoms with Crippen molar-refractivity contribution in [3.05, 3.63) is 66.0 Å². The number of amides is 2. The van der Waals surface area contributed by atoms with Crippen LogP contribution in [0.1, 0.15) is 44.0 Å². The highest BCUT2D eigenvalue weighted by atomic mass is 16.2. The fourth-order valence-electron chi connectivity index (χ4n) is 3.71. The Morgan fingerprint density at radius 2 is 1.90 bits per heavy atom. The summed E-state index contributed by atoms with van der Waals surface area (Å²) in [5.74, 6) is -0.233. The highest BCUT2D eigenvalue weighted by Gasteiger charge is 2.37. The molecule has 2 amide bonds. The number of carbonyl (C=O) groups is 2. The predicted molar refractivity (Wildman–Crippen MR) is 113 cm³/mol. The summed E-state index contributed by atoms with van der Waals surface area (Å²) in [6.45, 7) is 4.42. The van der Waals surface area contributed by atoms with Gasteiger partial charge in [-0.2, -0.15) is 0 Å². The first kappa shape index (κ1) is 21.0. The van der Waals surface area contributed by atoms with Crippen LogP contribution in [0.3, 0.4) is 0 Å². The molecule has 6 nitrogen and oxygen atoms in total. The Balaban J connectivity index is 1.76. The van der Waals surface area contributed by atoms with Crippen LogP contribution in [0.25, 0.3) is 0 Å². The lowest BCUT2D eigenvalue weighted by Crippen LogP contribution is -2.53. The molecule has 0 saturated carbocycles. The Labute approximate surface area is 172 Å². The van der Waals surface area contributed by atoms with E-state index in [9.17, 15) is 9.59 Å². The summed E-state index contributed by atoms with van der Waals surface area (Å²) in [5, 5.41) is 3.16. The Bertz CT molecular complexity index is 810. The molecular weight excluding hydrogens is 364 g/mol. The Kier molecular flexibility index (Phi) is 6.99. The first-order valence-electron chi connectivity index (χ1n) is 10.3. The van der Waals surface area contributed by atoms with Crippen LogP contribution >= 0.6 is 0 Å². The number of rotatable bonds is 7. The summed E-state index contributed by atoms with van der Waals surface area (Å²) in [4.78, 5) is 32.0. The second kappa shape index (κ2) is 9.65. The zero-order valence-electron chi connectivity index (χ0n) is 17.1. The molecule has 3 atom stereocenters. The zero-order chi connectivity index (χ0) is 20.8. The van der Waals surface area contributed by atoms with Crippen molar-refractivity contribution in [2.24, 2.45) is 11.7 Å². The molecule has 0 radical (unpaired) electrons. The van der Waals surface area contributed by atoms with Gasteiger partial charge in [0.25, 0.3) is 0 Å². The minimum Gasteiger partial charge on any atom is -0.347 e. The lowest BCUT2D eigenvalue weighted by Gasteiger charge is -2.29. The normalized spacial score (nSPS) is 18.5. The SMILES string of the molecule is CC(C)C(N)C(=O)N1CCC[C@H]1C(=O)NC(Cc1ccccn1)c1ccccc1. The molecule has 154 valence electrons. The van der Waals surface area contributed by atoms with Crippen LogP contribution in [-0.4, -0.2) is 40.3 Å². The smallest absolute Gasteiger partial charge is 0.243 e. The molecule has 1 aliphatic rings. The summed E-state index contributed by atoms with van der Waals surface area (Å²) in [6.07, 6.45) is 3.81. The second-order valence-corrected chi connectivity index (χ2v) is 7.96. The molecule has 2 heterocycles. The summed E-state index contributed by atoms with van der Waals surface area (Å²) in [7, 11) is 0. The van der Waals surface area contributed by atoms with E-state index in [1.807, 2.05) is 62.4 Å². The third kappa shape index (κ3) is 5.21.